The molecule has 1 amide bonds. The molecule has 5 nitrogen and oxygen atoms in total. The molecule has 19 heavy (non-hydrogen) atoms. The predicted molar refractivity (Wildman–Crippen MR) is 75.4 cm³/mol. The summed E-state index contributed by atoms with van der Waals surface area (Å²) >= 11 is 1.34. The van der Waals surface area contributed by atoms with Crippen molar-refractivity contribution in [1.82, 2.24) is 20.1 Å². The number of nitrogens with zero attached hydrogens (tertiary/aromatic N) is 3. The van der Waals surface area contributed by atoms with E-state index in [1.54, 1.807) is 11.0 Å². The van der Waals surface area contributed by atoms with Crippen LogP contribution in [-0.4, -0.2) is 33.0 Å². The highest BCUT2D eigenvalue weighted by molar-refractivity contribution is 7.99. The monoisotopic (exact) mass is 276 g/mol. The second kappa shape index (κ2) is 6.94. The van der Waals surface area contributed by atoms with Crippen LogP contribution in [0.25, 0.3) is 5.69 Å². The Kier molecular flexibility index (Phi) is 4.97. The number of amides is 1. The molecule has 2 aromatic rings. The summed E-state index contributed by atoms with van der Waals surface area (Å²) in [5.41, 5.74) is 0.956. The van der Waals surface area contributed by atoms with Gasteiger partial charge in [-0.05, 0) is 18.6 Å². The number of aromatic nitrogens is 3. The number of carbonyl (C=O) groups excluding carboxylic acids is 1. The summed E-state index contributed by atoms with van der Waals surface area (Å²) in [5.74, 6) is 0.363. The smallest absolute Gasteiger partial charge is 0.230 e. The van der Waals surface area contributed by atoms with Crippen LogP contribution in [0.15, 0.2) is 41.8 Å². The fourth-order valence-corrected chi connectivity index (χ4v) is 2.09. The maximum atomic E-state index is 11.5. The van der Waals surface area contributed by atoms with E-state index in [4.69, 9.17) is 0 Å². The summed E-state index contributed by atoms with van der Waals surface area (Å²) in [6, 6.07) is 9.76. The zero-order valence-corrected chi connectivity index (χ0v) is 11.6. The first-order valence-electron chi connectivity index (χ1n) is 6.16. The first-order chi connectivity index (χ1) is 9.29. The van der Waals surface area contributed by atoms with Crippen LogP contribution < -0.4 is 5.32 Å². The second-order valence-electron chi connectivity index (χ2n) is 3.95. The van der Waals surface area contributed by atoms with Gasteiger partial charge in [0.15, 0.2) is 0 Å². The number of hydrogen-bond acceptors (Lipinski definition) is 4. The lowest BCUT2D eigenvalue weighted by atomic mass is 10.3. The van der Waals surface area contributed by atoms with Gasteiger partial charge >= 0.3 is 0 Å². The molecule has 0 fully saturated rings. The average Bonchev–Trinajstić information content (AvgIpc) is 2.93. The Morgan fingerprint density at radius 1 is 1.37 bits per heavy atom. The number of carbonyl (C=O) groups is 1. The number of nitrogens with one attached hydrogen (secondary N) is 1. The van der Waals surface area contributed by atoms with E-state index in [0.29, 0.717) is 17.5 Å². The molecule has 6 heteroatoms. The summed E-state index contributed by atoms with van der Waals surface area (Å²) in [6.07, 6.45) is 2.60. The fourth-order valence-electron chi connectivity index (χ4n) is 1.46. The normalized spacial score (nSPS) is 10.4. The molecular formula is C13H16N4OS. The minimum atomic E-state index is 0.0166. The van der Waals surface area contributed by atoms with Crippen LogP contribution in [0.3, 0.4) is 0 Å². The zero-order chi connectivity index (χ0) is 13.5. The fraction of sp³-hybridized carbons (Fsp3) is 0.308. The van der Waals surface area contributed by atoms with Crippen molar-refractivity contribution in [2.24, 2.45) is 0 Å². The van der Waals surface area contributed by atoms with E-state index in [1.165, 1.54) is 11.8 Å². The number of para-hydroxylation sites is 1. The molecule has 0 atom stereocenters. The lowest BCUT2D eigenvalue weighted by Crippen LogP contribution is -2.25. The minimum absolute atomic E-state index is 0.0166. The quantitative estimate of drug-likeness (QED) is 0.818. The van der Waals surface area contributed by atoms with E-state index in [1.807, 2.05) is 37.3 Å². The van der Waals surface area contributed by atoms with Crippen LogP contribution in [0.5, 0.6) is 0 Å². The maximum Gasteiger partial charge on any atom is 0.230 e. The molecule has 100 valence electrons. The molecule has 0 aliphatic carbocycles. The van der Waals surface area contributed by atoms with Crippen molar-refractivity contribution in [3.8, 4) is 5.69 Å². The van der Waals surface area contributed by atoms with Crippen LogP contribution in [0.4, 0.5) is 0 Å². The third-order valence-electron chi connectivity index (χ3n) is 2.40. The van der Waals surface area contributed by atoms with Crippen LogP contribution in [0.2, 0.25) is 0 Å². The Morgan fingerprint density at radius 3 is 2.89 bits per heavy atom. The summed E-state index contributed by atoms with van der Waals surface area (Å²) in [6.45, 7) is 2.74. The van der Waals surface area contributed by atoms with E-state index in [0.717, 1.165) is 12.1 Å². The van der Waals surface area contributed by atoms with Crippen molar-refractivity contribution in [2.45, 2.75) is 18.5 Å². The number of rotatable bonds is 6. The number of hydrogen-bond donors (Lipinski definition) is 1. The molecule has 0 radical (unpaired) electrons. The van der Waals surface area contributed by atoms with Crippen molar-refractivity contribution in [1.29, 1.82) is 0 Å². The number of thioether (sulfide) groups is 1. The lowest BCUT2D eigenvalue weighted by Gasteiger charge is -2.01. The molecule has 1 aromatic carbocycles. The highest BCUT2D eigenvalue weighted by Crippen LogP contribution is 2.13. The Morgan fingerprint density at radius 2 is 2.16 bits per heavy atom. The van der Waals surface area contributed by atoms with Crippen LogP contribution in [0.1, 0.15) is 13.3 Å². The molecule has 0 saturated heterocycles. The molecule has 0 saturated carbocycles. The van der Waals surface area contributed by atoms with Gasteiger partial charge in [0.25, 0.3) is 0 Å². The Hall–Kier alpha value is -1.82. The molecule has 0 unspecified atom stereocenters. The summed E-state index contributed by atoms with van der Waals surface area (Å²) < 4.78 is 1.70. The van der Waals surface area contributed by atoms with Gasteiger partial charge in [-0.25, -0.2) is 9.67 Å². The third kappa shape index (κ3) is 4.10. The van der Waals surface area contributed by atoms with E-state index >= 15 is 0 Å². The molecule has 1 heterocycles. The largest absolute Gasteiger partial charge is 0.355 e. The van der Waals surface area contributed by atoms with Crippen LogP contribution >= 0.6 is 11.8 Å². The third-order valence-corrected chi connectivity index (χ3v) is 3.25. The zero-order valence-electron chi connectivity index (χ0n) is 10.7. The van der Waals surface area contributed by atoms with Crippen LogP contribution in [0, 0.1) is 0 Å². The summed E-state index contributed by atoms with van der Waals surface area (Å²) in [4.78, 5) is 15.6. The van der Waals surface area contributed by atoms with Gasteiger partial charge in [-0.2, -0.15) is 0 Å². The Labute approximate surface area is 116 Å². The van der Waals surface area contributed by atoms with Gasteiger partial charge in [0, 0.05) is 6.54 Å². The van der Waals surface area contributed by atoms with Crippen LogP contribution in [-0.2, 0) is 4.79 Å². The van der Waals surface area contributed by atoms with Gasteiger partial charge in [0.05, 0.1) is 11.4 Å². The van der Waals surface area contributed by atoms with Gasteiger partial charge in [-0.3, -0.25) is 4.79 Å². The Bertz CT molecular complexity index is 526. The Balaban J connectivity index is 1.90. The molecular weight excluding hydrogens is 260 g/mol. The first kappa shape index (κ1) is 13.6. The molecule has 0 bridgehead atoms. The summed E-state index contributed by atoms with van der Waals surface area (Å²) in [5, 5.41) is 7.75. The molecule has 2 rings (SSSR count). The van der Waals surface area contributed by atoms with Crippen molar-refractivity contribution >= 4 is 17.7 Å². The molecule has 1 aromatic heterocycles. The van der Waals surface area contributed by atoms with E-state index in [2.05, 4.69) is 15.4 Å². The van der Waals surface area contributed by atoms with Gasteiger partial charge < -0.3 is 5.32 Å². The maximum absolute atomic E-state index is 11.5. The minimum Gasteiger partial charge on any atom is -0.355 e. The van der Waals surface area contributed by atoms with Crippen molar-refractivity contribution < 1.29 is 4.79 Å². The van der Waals surface area contributed by atoms with Gasteiger partial charge in [0.1, 0.15) is 6.33 Å². The number of benzene rings is 1. The van der Waals surface area contributed by atoms with Gasteiger partial charge in [0.2, 0.25) is 11.1 Å². The van der Waals surface area contributed by atoms with E-state index in [-0.39, 0.29) is 5.91 Å². The van der Waals surface area contributed by atoms with Gasteiger partial charge in [-0.15, -0.1) is 5.10 Å². The van der Waals surface area contributed by atoms with Crippen molar-refractivity contribution in [3.63, 3.8) is 0 Å². The lowest BCUT2D eigenvalue weighted by molar-refractivity contribution is -0.118. The van der Waals surface area contributed by atoms with Crippen molar-refractivity contribution in [2.75, 3.05) is 12.3 Å². The SMILES string of the molecule is CCCNC(=O)CSc1ncn(-c2ccccc2)n1. The predicted octanol–water partition coefficient (Wildman–Crippen LogP) is 1.89. The topological polar surface area (TPSA) is 59.8 Å². The highest BCUT2D eigenvalue weighted by atomic mass is 32.2. The molecule has 1 N–H and O–H groups in total. The van der Waals surface area contributed by atoms with Crippen molar-refractivity contribution in [3.05, 3.63) is 36.7 Å². The van der Waals surface area contributed by atoms with E-state index < -0.39 is 0 Å². The van der Waals surface area contributed by atoms with E-state index in [9.17, 15) is 4.79 Å². The summed E-state index contributed by atoms with van der Waals surface area (Å²) in [7, 11) is 0. The highest BCUT2D eigenvalue weighted by Gasteiger charge is 2.06. The average molecular weight is 276 g/mol. The molecule has 0 aliphatic heterocycles. The molecule has 0 spiro atoms. The second-order valence-corrected chi connectivity index (χ2v) is 4.89. The van der Waals surface area contributed by atoms with Gasteiger partial charge in [-0.1, -0.05) is 36.9 Å². The standard InChI is InChI=1S/C13H16N4OS/c1-2-8-14-12(18)9-19-13-15-10-17(16-13)11-6-4-3-5-7-11/h3-7,10H,2,8-9H2,1H3,(H,14,18). The first-order valence-corrected chi connectivity index (χ1v) is 7.14. The molecule has 0 aliphatic rings.